The zero-order valence-corrected chi connectivity index (χ0v) is 14.1. The van der Waals surface area contributed by atoms with Gasteiger partial charge in [0.15, 0.2) is 0 Å². The van der Waals surface area contributed by atoms with Crippen LogP contribution in [0.2, 0.25) is 43.3 Å². The summed E-state index contributed by atoms with van der Waals surface area (Å²) in [4.78, 5) is 21.3. The Morgan fingerprint density at radius 3 is 1.96 bits per heavy atom. The van der Waals surface area contributed by atoms with E-state index in [1.165, 1.54) is 54.6 Å². The van der Waals surface area contributed by atoms with Crippen LogP contribution in [0.5, 0.6) is 0 Å². The van der Waals surface area contributed by atoms with Crippen LogP contribution in [0.4, 0.5) is 5.95 Å². The van der Waals surface area contributed by atoms with Gasteiger partial charge in [-0.3, -0.25) is 0 Å². The zero-order chi connectivity index (χ0) is 15.0. The molecular formula is C20H17FeN3. The van der Waals surface area contributed by atoms with Crippen LogP contribution in [-0.4, -0.2) is 9.97 Å². The van der Waals surface area contributed by atoms with Gasteiger partial charge < -0.3 is 0 Å². The number of hydrogen-bond donors (Lipinski definition) is 1. The fourth-order valence-corrected chi connectivity index (χ4v) is 92.3. The molecule has 10 fully saturated rings. The third-order valence-corrected chi connectivity index (χ3v) is 59.2. The molecule has 11 heterocycles. The summed E-state index contributed by atoms with van der Waals surface area (Å²) in [7, 11) is 0. The summed E-state index contributed by atoms with van der Waals surface area (Å²) in [5.41, 5.74) is 9.94. The fourth-order valence-electron chi connectivity index (χ4n) is 18.3. The minimum atomic E-state index is -3.16. The first kappa shape index (κ1) is 9.35. The molecule has 24 heavy (non-hydrogen) atoms. The molecule has 0 bridgehead atoms. The normalized spacial score (nSPS) is 87.6. The minimum absolute atomic E-state index is 0.516. The van der Waals surface area contributed by atoms with Gasteiger partial charge in [-0.1, -0.05) is 0 Å². The van der Waals surface area contributed by atoms with Gasteiger partial charge in [-0.2, -0.15) is 0 Å². The van der Waals surface area contributed by atoms with Gasteiger partial charge in [0, 0.05) is 0 Å². The van der Waals surface area contributed by atoms with E-state index in [1.54, 1.807) is 0 Å². The molecule has 1 aromatic carbocycles. The van der Waals surface area contributed by atoms with Crippen LogP contribution in [0.25, 0.3) is 11.3 Å². The predicted molar refractivity (Wildman–Crippen MR) is 87.3 cm³/mol. The Balaban J connectivity index is 1.27. The molecule has 0 saturated carbocycles. The quantitative estimate of drug-likeness (QED) is 0.806. The van der Waals surface area contributed by atoms with Crippen LogP contribution in [0.3, 0.4) is 0 Å². The van der Waals surface area contributed by atoms with Crippen molar-refractivity contribution in [2.75, 3.05) is 5.73 Å². The predicted octanol–water partition coefficient (Wildman–Crippen LogP) is 4.52. The van der Waals surface area contributed by atoms with Crippen molar-refractivity contribution in [3.8, 4) is 11.3 Å². The van der Waals surface area contributed by atoms with Crippen LogP contribution in [0.15, 0.2) is 36.4 Å². The number of benzene rings is 1. The van der Waals surface area contributed by atoms with Gasteiger partial charge in [0.2, 0.25) is 0 Å². The summed E-state index contributed by atoms with van der Waals surface area (Å²) in [5.74, 6) is 0.516. The van der Waals surface area contributed by atoms with E-state index in [-0.39, 0.29) is 0 Å². The maximum absolute atomic E-state index is 6.24. The number of aromatic nitrogens is 2. The first-order valence-electron chi connectivity index (χ1n) is 9.43. The van der Waals surface area contributed by atoms with Crippen molar-refractivity contribution in [1.29, 1.82) is 0 Å². The Labute approximate surface area is 129 Å². The Morgan fingerprint density at radius 1 is 0.833 bits per heavy atom. The van der Waals surface area contributed by atoms with Crippen LogP contribution in [0.1, 0.15) is 5.69 Å². The van der Waals surface area contributed by atoms with Crippen LogP contribution < -0.4 is 5.73 Å². The van der Waals surface area contributed by atoms with Crippen molar-refractivity contribution in [3.05, 3.63) is 42.1 Å². The second-order valence-electron chi connectivity index (χ2n) is 12.5. The van der Waals surface area contributed by atoms with E-state index in [2.05, 4.69) is 41.4 Å². The van der Waals surface area contributed by atoms with E-state index in [1.807, 2.05) is 0 Å². The van der Waals surface area contributed by atoms with Crippen LogP contribution in [0, 0.1) is 0 Å². The molecule has 10 saturated heterocycles. The summed E-state index contributed by atoms with van der Waals surface area (Å²) < 4.78 is 0.666. The average molecular weight is 355 g/mol. The van der Waals surface area contributed by atoms with Crippen molar-refractivity contribution in [2.45, 2.75) is 47.7 Å². The standard InChI is InChI=1S/C15H12N3.C5H5.Fe/c16-15-17-13(11-6-2-1-3-7-11)10-14(18-15)12-8-4-5-9-12;1-2-4-5-3-1;/h1-10H,(H2,16,17,18);1-5H;. The summed E-state index contributed by atoms with van der Waals surface area (Å²) >= 11 is 0. The van der Waals surface area contributed by atoms with Gasteiger partial charge in [-0.25, -0.2) is 0 Å². The van der Waals surface area contributed by atoms with Gasteiger partial charge in [0.05, 0.1) is 0 Å². The molecule has 120 valence electrons. The number of hydrogen-bond acceptors (Lipinski definition) is 3. The fraction of sp³-hybridized carbons (Fsp3) is 0.500. The topological polar surface area (TPSA) is 51.8 Å². The van der Waals surface area contributed by atoms with Crippen molar-refractivity contribution >= 4 is 5.95 Å². The summed E-state index contributed by atoms with van der Waals surface area (Å²) in [6, 6.07) is 13.0. The van der Waals surface area contributed by atoms with Crippen LogP contribution >= 0.6 is 0 Å². The number of rotatable bonds is 2. The molecule has 0 aliphatic carbocycles. The summed E-state index contributed by atoms with van der Waals surface area (Å²) in [5, 5.41) is 0. The Morgan fingerprint density at radius 2 is 1.46 bits per heavy atom. The van der Waals surface area contributed by atoms with Crippen LogP contribution in [-0.2, 0) is 10.8 Å². The first-order valence-corrected chi connectivity index (χ1v) is 15.7. The molecule has 10 aliphatic heterocycles. The van der Waals surface area contributed by atoms with Crippen molar-refractivity contribution in [1.82, 2.24) is 9.97 Å². The maximum atomic E-state index is 6.24. The third kappa shape index (κ3) is 0.136. The molecule has 1 spiro atoms. The Bertz CT molecular complexity index is 1420. The molecule has 12 rings (SSSR count). The number of nitrogen functional groups attached to an aromatic ring is 1. The molecule has 3 nitrogen and oxygen atoms in total. The molecule has 4 unspecified atom stereocenters. The summed E-state index contributed by atoms with van der Waals surface area (Å²) in [6.45, 7) is -3.16. The van der Waals surface area contributed by atoms with E-state index >= 15 is 0 Å². The zero-order valence-electron chi connectivity index (χ0n) is 13.0. The molecule has 4 heteroatoms. The van der Waals surface area contributed by atoms with Gasteiger partial charge in [0.1, 0.15) is 0 Å². The van der Waals surface area contributed by atoms with E-state index in [9.17, 15) is 0 Å². The van der Waals surface area contributed by atoms with Gasteiger partial charge in [-0.15, -0.1) is 0 Å². The number of nitrogens with two attached hydrogens (primary N) is 1. The SMILES string of the molecule is Nc1nc(-c2ccccc2)cc([C]23[CH]4[CH]5[CH]6[CH]2[Fe]56432789[CH]3[CH]2[CH]7[CH]8[CH]39)n1. The van der Waals surface area contributed by atoms with Crippen molar-refractivity contribution < 1.29 is 6.51 Å². The first-order chi connectivity index (χ1) is 11.5. The van der Waals surface area contributed by atoms with E-state index in [0.717, 1.165) is 5.69 Å². The molecule has 10 aliphatic rings. The number of anilines is 1. The van der Waals surface area contributed by atoms with Gasteiger partial charge in [0.25, 0.3) is 0 Å². The second kappa shape index (κ2) is 0.985. The molecular weight excluding hydrogens is 338 g/mol. The average Bonchev–Trinajstić information content (AvgIpc) is 3.55. The monoisotopic (exact) mass is 355 g/mol. The van der Waals surface area contributed by atoms with Crippen molar-refractivity contribution in [3.63, 3.8) is 0 Å². The van der Waals surface area contributed by atoms with Crippen molar-refractivity contribution in [2.24, 2.45) is 0 Å². The van der Waals surface area contributed by atoms with Gasteiger partial charge in [-0.05, 0) is 0 Å². The molecule has 0 radical (unpaired) electrons. The number of nitrogens with zero attached hydrogens (tertiary/aromatic N) is 2. The van der Waals surface area contributed by atoms with E-state index in [0.29, 0.717) is 10.3 Å². The molecule has 2 aromatic rings. The molecule has 1 aromatic heterocycles. The van der Waals surface area contributed by atoms with E-state index in [4.69, 9.17) is 10.7 Å². The third-order valence-electron chi connectivity index (χ3n) is 16.9. The Hall–Kier alpha value is -1.38. The van der Waals surface area contributed by atoms with E-state index < -0.39 is 6.51 Å². The molecule has 0 amide bonds. The Kier molecular flexibility index (Phi) is 0.384. The summed E-state index contributed by atoms with van der Waals surface area (Å²) in [6.07, 6.45) is 0. The second-order valence-corrected chi connectivity index (χ2v) is 36.1. The molecule has 2 N–H and O–H groups in total. The molecule has 4 atom stereocenters. The number of fused-ring (bicyclic) bond motifs is 10. The van der Waals surface area contributed by atoms with Gasteiger partial charge >= 0.3 is 129 Å².